The van der Waals surface area contributed by atoms with Crippen LogP contribution < -0.4 is 10.1 Å². The molecule has 0 aliphatic heterocycles. The van der Waals surface area contributed by atoms with Crippen LogP contribution >= 0.6 is 0 Å². The number of amides is 1. The molecular weight excluding hydrogens is 293 g/mol. The number of carbonyl (C=O) groups excluding carboxylic acids is 1. The molecule has 2 aromatic carbocycles. The maximum Gasteiger partial charge on any atom is 0.265 e. The van der Waals surface area contributed by atoms with Gasteiger partial charge in [0.05, 0.1) is 0 Å². The summed E-state index contributed by atoms with van der Waals surface area (Å²) in [6.45, 7) is 7.85. The zero-order valence-corrected chi connectivity index (χ0v) is 13.9. The van der Waals surface area contributed by atoms with E-state index < -0.39 is 6.10 Å². The van der Waals surface area contributed by atoms with E-state index in [1.165, 1.54) is 24.3 Å². The molecule has 23 heavy (non-hydrogen) atoms. The fourth-order valence-electron chi connectivity index (χ4n) is 2.24. The van der Waals surface area contributed by atoms with Gasteiger partial charge in [0, 0.05) is 5.69 Å². The number of benzene rings is 2. The Morgan fingerprint density at radius 3 is 2.35 bits per heavy atom. The molecule has 1 amide bonds. The molecule has 3 nitrogen and oxygen atoms in total. The van der Waals surface area contributed by atoms with Crippen LogP contribution in [-0.4, -0.2) is 12.0 Å². The number of hydrogen-bond donors (Lipinski definition) is 1. The molecule has 0 heterocycles. The van der Waals surface area contributed by atoms with Gasteiger partial charge in [0.2, 0.25) is 0 Å². The van der Waals surface area contributed by atoms with Crippen molar-refractivity contribution in [2.24, 2.45) is 0 Å². The van der Waals surface area contributed by atoms with Crippen LogP contribution in [-0.2, 0) is 4.79 Å². The monoisotopic (exact) mass is 315 g/mol. The predicted molar refractivity (Wildman–Crippen MR) is 90.4 cm³/mol. The van der Waals surface area contributed by atoms with Gasteiger partial charge in [-0.15, -0.1) is 0 Å². The molecule has 1 N–H and O–H groups in total. The summed E-state index contributed by atoms with van der Waals surface area (Å²) in [6, 6.07) is 11.7. The highest BCUT2D eigenvalue weighted by Crippen LogP contribution is 2.28. The number of ether oxygens (including phenoxy) is 1. The fraction of sp³-hybridized carbons (Fsp3) is 0.316. The Balaban J connectivity index is 2.09. The SMILES string of the molecule is Cc1ccc(C(C)C)c(OC(C)C(=O)Nc2ccc(F)cc2)c1. The minimum Gasteiger partial charge on any atom is -0.481 e. The molecule has 0 saturated heterocycles. The van der Waals surface area contributed by atoms with E-state index in [0.29, 0.717) is 11.6 Å². The average Bonchev–Trinajstić information content (AvgIpc) is 2.49. The first-order valence-corrected chi connectivity index (χ1v) is 7.70. The molecule has 0 saturated carbocycles. The molecule has 1 unspecified atom stereocenters. The van der Waals surface area contributed by atoms with E-state index in [9.17, 15) is 9.18 Å². The maximum atomic E-state index is 12.9. The van der Waals surface area contributed by atoms with Crippen molar-refractivity contribution >= 4 is 11.6 Å². The maximum absolute atomic E-state index is 12.9. The van der Waals surface area contributed by atoms with Crippen LogP contribution in [0.1, 0.15) is 37.8 Å². The van der Waals surface area contributed by atoms with E-state index in [0.717, 1.165) is 16.9 Å². The van der Waals surface area contributed by atoms with Crippen molar-refractivity contribution in [2.45, 2.75) is 39.7 Å². The minimum atomic E-state index is -0.653. The van der Waals surface area contributed by atoms with Gasteiger partial charge in [-0.3, -0.25) is 4.79 Å². The Morgan fingerprint density at radius 1 is 1.09 bits per heavy atom. The molecule has 0 spiro atoms. The number of anilines is 1. The Hall–Kier alpha value is -2.36. The molecule has 0 aliphatic carbocycles. The second-order valence-electron chi connectivity index (χ2n) is 5.95. The summed E-state index contributed by atoms with van der Waals surface area (Å²) in [5.74, 6) is 0.418. The van der Waals surface area contributed by atoms with Gasteiger partial charge in [-0.2, -0.15) is 0 Å². The molecule has 2 aromatic rings. The highest BCUT2D eigenvalue weighted by Gasteiger charge is 2.17. The average molecular weight is 315 g/mol. The van der Waals surface area contributed by atoms with Crippen molar-refractivity contribution < 1.29 is 13.9 Å². The Kier molecular flexibility index (Phi) is 5.37. The molecule has 4 heteroatoms. The number of nitrogens with one attached hydrogen (secondary N) is 1. The van der Waals surface area contributed by atoms with Gasteiger partial charge in [-0.25, -0.2) is 4.39 Å². The van der Waals surface area contributed by atoms with Crippen molar-refractivity contribution in [2.75, 3.05) is 5.32 Å². The third-order valence-corrected chi connectivity index (χ3v) is 3.58. The quantitative estimate of drug-likeness (QED) is 0.871. The van der Waals surface area contributed by atoms with Gasteiger partial charge in [-0.1, -0.05) is 26.0 Å². The lowest BCUT2D eigenvalue weighted by Gasteiger charge is -2.19. The molecule has 0 aliphatic rings. The molecule has 0 radical (unpaired) electrons. The van der Waals surface area contributed by atoms with Crippen molar-refractivity contribution in [1.29, 1.82) is 0 Å². The van der Waals surface area contributed by atoms with Gasteiger partial charge in [0.15, 0.2) is 6.10 Å². The Labute approximate surface area is 136 Å². The van der Waals surface area contributed by atoms with Crippen LogP contribution in [0.15, 0.2) is 42.5 Å². The smallest absolute Gasteiger partial charge is 0.265 e. The lowest BCUT2D eigenvalue weighted by atomic mass is 10.0. The first kappa shape index (κ1) is 17.0. The summed E-state index contributed by atoms with van der Waals surface area (Å²) >= 11 is 0. The van der Waals surface area contributed by atoms with Gasteiger partial charge in [0.1, 0.15) is 11.6 Å². The Morgan fingerprint density at radius 2 is 1.74 bits per heavy atom. The highest BCUT2D eigenvalue weighted by atomic mass is 19.1. The van der Waals surface area contributed by atoms with Gasteiger partial charge < -0.3 is 10.1 Å². The van der Waals surface area contributed by atoms with Crippen LogP contribution in [0, 0.1) is 12.7 Å². The number of hydrogen-bond acceptors (Lipinski definition) is 2. The zero-order valence-electron chi connectivity index (χ0n) is 13.9. The number of carbonyl (C=O) groups is 1. The minimum absolute atomic E-state index is 0.271. The summed E-state index contributed by atoms with van der Waals surface area (Å²) in [5, 5.41) is 2.72. The third kappa shape index (κ3) is 4.55. The summed E-state index contributed by atoms with van der Waals surface area (Å²) in [6.07, 6.45) is -0.653. The molecular formula is C19H22FNO2. The van der Waals surface area contributed by atoms with Gasteiger partial charge >= 0.3 is 0 Å². The lowest BCUT2D eigenvalue weighted by Crippen LogP contribution is -2.30. The normalized spacial score (nSPS) is 12.1. The standard InChI is InChI=1S/C19H22FNO2/c1-12(2)17-10-5-13(3)11-18(17)23-14(4)19(22)21-16-8-6-15(20)7-9-16/h5-12,14H,1-4H3,(H,21,22). The highest BCUT2D eigenvalue weighted by molar-refractivity contribution is 5.94. The van der Waals surface area contributed by atoms with Gasteiger partial charge in [-0.05, 0) is 61.2 Å². The first-order valence-electron chi connectivity index (χ1n) is 7.70. The topological polar surface area (TPSA) is 38.3 Å². The molecule has 1 atom stereocenters. The number of rotatable bonds is 5. The second-order valence-corrected chi connectivity index (χ2v) is 5.95. The van der Waals surface area contributed by atoms with Gasteiger partial charge in [0.25, 0.3) is 5.91 Å². The molecule has 2 rings (SSSR count). The van der Waals surface area contributed by atoms with Crippen LogP contribution in [0.2, 0.25) is 0 Å². The molecule has 0 aromatic heterocycles. The summed E-state index contributed by atoms with van der Waals surface area (Å²) in [4.78, 5) is 12.2. The second kappa shape index (κ2) is 7.27. The Bertz CT molecular complexity index is 680. The summed E-state index contributed by atoms with van der Waals surface area (Å²) < 4.78 is 18.7. The fourth-order valence-corrected chi connectivity index (χ4v) is 2.24. The van der Waals surface area contributed by atoms with Crippen LogP contribution in [0.4, 0.5) is 10.1 Å². The van der Waals surface area contributed by atoms with E-state index in [2.05, 4.69) is 19.2 Å². The molecule has 0 fully saturated rings. The van der Waals surface area contributed by atoms with Crippen molar-refractivity contribution in [3.63, 3.8) is 0 Å². The lowest BCUT2D eigenvalue weighted by molar-refractivity contribution is -0.122. The summed E-state index contributed by atoms with van der Waals surface area (Å²) in [5.41, 5.74) is 2.69. The van der Waals surface area contributed by atoms with Crippen molar-refractivity contribution in [3.8, 4) is 5.75 Å². The van der Waals surface area contributed by atoms with Crippen LogP contribution in [0.3, 0.4) is 0 Å². The number of halogens is 1. The van der Waals surface area contributed by atoms with E-state index in [4.69, 9.17) is 4.74 Å². The summed E-state index contributed by atoms with van der Waals surface area (Å²) in [7, 11) is 0. The van der Waals surface area contributed by atoms with E-state index in [1.807, 2.05) is 25.1 Å². The van der Waals surface area contributed by atoms with E-state index in [-0.39, 0.29) is 11.7 Å². The predicted octanol–water partition coefficient (Wildman–Crippen LogP) is 4.66. The largest absolute Gasteiger partial charge is 0.481 e. The third-order valence-electron chi connectivity index (χ3n) is 3.58. The molecule has 0 bridgehead atoms. The van der Waals surface area contributed by atoms with Crippen LogP contribution in [0.5, 0.6) is 5.75 Å². The van der Waals surface area contributed by atoms with E-state index in [1.54, 1.807) is 6.92 Å². The molecule has 122 valence electrons. The first-order chi connectivity index (χ1) is 10.9. The van der Waals surface area contributed by atoms with Crippen molar-refractivity contribution in [3.05, 3.63) is 59.4 Å². The van der Waals surface area contributed by atoms with E-state index >= 15 is 0 Å². The van der Waals surface area contributed by atoms with Crippen LogP contribution in [0.25, 0.3) is 0 Å². The number of aryl methyl sites for hydroxylation is 1. The van der Waals surface area contributed by atoms with Crippen molar-refractivity contribution in [1.82, 2.24) is 0 Å². The zero-order chi connectivity index (χ0) is 17.0.